The second kappa shape index (κ2) is 4.34. The van der Waals surface area contributed by atoms with Crippen molar-refractivity contribution < 1.29 is 9.53 Å². The fourth-order valence-corrected chi connectivity index (χ4v) is 1.86. The predicted octanol–water partition coefficient (Wildman–Crippen LogP) is 2.94. The van der Waals surface area contributed by atoms with Crippen LogP contribution in [-0.4, -0.2) is 13.0 Å². The fourth-order valence-electron chi connectivity index (χ4n) is 1.69. The van der Waals surface area contributed by atoms with E-state index in [4.69, 9.17) is 16.3 Å². The van der Waals surface area contributed by atoms with Crippen LogP contribution in [0, 0.1) is 11.8 Å². The van der Waals surface area contributed by atoms with Gasteiger partial charge in [-0.05, 0) is 30.5 Å². The largest absolute Gasteiger partial charge is 0.495 e. The van der Waals surface area contributed by atoms with E-state index in [-0.39, 0.29) is 11.8 Å². The Hall–Kier alpha value is -1.22. The van der Waals surface area contributed by atoms with E-state index in [2.05, 4.69) is 12.2 Å². The molecule has 2 rings (SSSR count). The number of anilines is 1. The van der Waals surface area contributed by atoms with Gasteiger partial charge in [0, 0.05) is 10.9 Å². The standard InChI is InChI=1S/C12H14ClNO2/c1-7-5-9(7)12(15)14-10-6-8(13)3-4-11(10)16-2/h3-4,6-7,9H,5H2,1-2H3,(H,14,15)/t7-,9+/m0/s1. The third kappa shape index (κ3) is 2.30. The molecule has 1 amide bonds. The van der Waals surface area contributed by atoms with Crippen LogP contribution in [0.5, 0.6) is 5.75 Å². The maximum atomic E-state index is 11.8. The van der Waals surface area contributed by atoms with Crippen molar-refractivity contribution >= 4 is 23.2 Å². The monoisotopic (exact) mass is 239 g/mol. The second-order valence-corrected chi connectivity index (χ2v) is 4.59. The first kappa shape index (κ1) is 11.3. The predicted molar refractivity (Wildman–Crippen MR) is 63.9 cm³/mol. The summed E-state index contributed by atoms with van der Waals surface area (Å²) in [6, 6.07) is 5.18. The highest BCUT2D eigenvalue weighted by Crippen LogP contribution is 2.39. The van der Waals surface area contributed by atoms with Crippen molar-refractivity contribution in [1.29, 1.82) is 0 Å². The van der Waals surface area contributed by atoms with Crippen LogP contribution in [0.2, 0.25) is 5.02 Å². The highest BCUT2D eigenvalue weighted by molar-refractivity contribution is 6.31. The van der Waals surface area contributed by atoms with Gasteiger partial charge in [0.2, 0.25) is 5.91 Å². The van der Waals surface area contributed by atoms with Crippen LogP contribution in [-0.2, 0) is 4.79 Å². The molecular formula is C12H14ClNO2. The number of nitrogens with one attached hydrogen (secondary N) is 1. The van der Waals surface area contributed by atoms with Crippen molar-refractivity contribution in [2.75, 3.05) is 12.4 Å². The molecule has 3 nitrogen and oxygen atoms in total. The number of amides is 1. The number of hydrogen-bond donors (Lipinski definition) is 1. The third-order valence-corrected chi connectivity index (χ3v) is 3.10. The van der Waals surface area contributed by atoms with E-state index in [9.17, 15) is 4.79 Å². The van der Waals surface area contributed by atoms with Gasteiger partial charge < -0.3 is 10.1 Å². The molecule has 1 N–H and O–H groups in total. The first-order chi connectivity index (χ1) is 7.61. The van der Waals surface area contributed by atoms with Crippen molar-refractivity contribution in [3.05, 3.63) is 23.2 Å². The highest BCUT2D eigenvalue weighted by atomic mass is 35.5. The minimum absolute atomic E-state index is 0.0491. The van der Waals surface area contributed by atoms with Crippen molar-refractivity contribution in [2.24, 2.45) is 11.8 Å². The van der Waals surface area contributed by atoms with Crippen molar-refractivity contribution in [1.82, 2.24) is 0 Å². The molecule has 0 unspecified atom stereocenters. The zero-order chi connectivity index (χ0) is 11.7. The van der Waals surface area contributed by atoms with Gasteiger partial charge in [-0.15, -0.1) is 0 Å². The van der Waals surface area contributed by atoms with Crippen molar-refractivity contribution in [3.8, 4) is 5.75 Å². The van der Waals surface area contributed by atoms with Gasteiger partial charge >= 0.3 is 0 Å². The summed E-state index contributed by atoms with van der Waals surface area (Å²) in [6.07, 6.45) is 0.967. The molecule has 0 aliphatic heterocycles. The lowest BCUT2D eigenvalue weighted by Crippen LogP contribution is -2.15. The number of methoxy groups -OCH3 is 1. The first-order valence-electron chi connectivity index (χ1n) is 5.26. The Labute approximate surface area is 99.7 Å². The molecule has 0 spiro atoms. The summed E-state index contributed by atoms with van der Waals surface area (Å²) in [5, 5.41) is 3.43. The molecule has 1 saturated carbocycles. The number of rotatable bonds is 3. The van der Waals surface area contributed by atoms with Crippen molar-refractivity contribution in [2.45, 2.75) is 13.3 Å². The molecule has 1 aromatic carbocycles. The summed E-state index contributed by atoms with van der Waals surface area (Å²) in [5.74, 6) is 1.31. The Morgan fingerprint density at radius 1 is 1.56 bits per heavy atom. The number of benzene rings is 1. The average molecular weight is 240 g/mol. The van der Waals surface area contributed by atoms with Gasteiger partial charge in [-0.2, -0.15) is 0 Å². The number of carbonyl (C=O) groups excluding carboxylic acids is 1. The summed E-state index contributed by atoms with van der Waals surface area (Å²) >= 11 is 5.87. The van der Waals surface area contributed by atoms with E-state index < -0.39 is 0 Å². The van der Waals surface area contributed by atoms with Crippen LogP contribution >= 0.6 is 11.6 Å². The average Bonchev–Trinajstić information content (AvgIpc) is 2.96. The quantitative estimate of drug-likeness (QED) is 0.881. The van der Waals surface area contributed by atoms with Gasteiger partial charge in [0.15, 0.2) is 0 Å². The van der Waals surface area contributed by atoms with Crippen LogP contribution < -0.4 is 10.1 Å². The zero-order valence-electron chi connectivity index (χ0n) is 9.29. The molecule has 0 heterocycles. The van der Waals surface area contributed by atoms with Gasteiger partial charge in [-0.3, -0.25) is 4.79 Å². The lowest BCUT2D eigenvalue weighted by molar-refractivity contribution is -0.117. The van der Waals surface area contributed by atoms with E-state index in [0.29, 0.717) is 22.4 Å². The lowest BCUT2D eigenvalue weighted by atomic mass is 10.2. The van der Waals surface area contributed by atoms with Gasteiger partial charge in [0.1, 0.15) is 5.75 Å². The van der Waals surface area contributed by atoms with Gasteiger partial charge in [0.05, 0.1) is 12.8 Å². The molecule has 86 valence electrons. The molecule has 0 aromatic heterocycles. The van der Waals surface area contributed by atoms with Crippen LogP contribution in [0.15, 0.2) is 18.2 Å². The Morgan fingerprint density at radius 3 is 2.81 bits per heavy atom. The summed E-state index contributed by atoms with van der Waals surface area (Å²) in [4.78, 5) is 11.8. The lowest BCUT2D eigenvalue weighted by Gasteiger charge is -2.10. The van der Waals surface area contributed by atoms with E-state index in [1.165, 1.54) is 0 Å². The Morgan fingerprint density at radius 2 is 2.25 bits per heavy atom. The van der Waals surface area contributed by atoms with Crippen molar-refractivity contribution in [3.63, 3.8) is 0 Å². The Balaban J connectivity index is 2.13. The molecule has 16 heavy (non-hydrogen) atoms. The van der Waals surface area contributed by atoms with E-state index in [1.54, 1.807) is 25.3 Å². The smallest absolute Gasteiger partial charge is 0.227 e. The molecule has 0 saturated heterocycles. The summed E-state index contributed by atoms with van der Waals surface area (Å²) in [7, 11) is 1.57. The van der Waals surface area contributed by atoms with Gasteiger partial charge in [0.25, 0.3) is 0 Å². The number of ether oxygens (including phenoxy) is 1. The minimum atomic E-state index is 0.0491. The maximum Gasteiger partial charge on any atom is 0.227 e. The van der Waals surface area contributed by atoms with Gasteiger partial charge in [-0.1, -0.05) is 18.5 Å². The number of carbonyl (C=O) groups is 1. The van der Waals surface area contributed by atoms with Gasteiger partial charge in [-0.25, -0.2) is 0 Å². The fraction of sp³-hybridized carbons (Fsp3) is 0.417. The molecule has 1 aliphatic rings. The highest BCUT2D eigenvalue weighted by Gasteiger charge is 2.39. The molecular weight excluding hydrogens is 226 g/mol. The van der Waals surface area contributed by atoms with Crippen LogP contribution in [0.3, 0.4) is 0 Å². The number of halogens is 1. The molecule has 2 atom stereocenters. The molecule has 1 fully saturated rings. The Kier molecular flexibility index (Phi) is 3.06. The summed E-state index contributed by atoms with van der Waals surface area (Å²) in [6.45, 7) is 2.07. The summed E-state index contributed by atoms with van der Waals surface area (Å²) < 4.78 is 5.15. The van der Waals surface area contributed by atoms with E-state index in [0.717, 1.165) is 6.42 Å². The first-order valence-corrected chi connectivity index (χ1v) is 5.64. The van der Waals surface area contributed by atoms with Crippen LogP contribution in [0.1, 0.15) is 13.3 Å². The Bertz CT molecular complexity index is 419. The van der Waals surface area contributed by atoms with E-state index >= 15 is 0 Å². The van der Waals surface area contributed by atoms with E-state index in [1.807, 2.05) is 0 Å². The normalized spacial score (nSPS) is 22.7. The molecule has 1 aromatic rings. The SMILES string of the molecule is COc1ccc(Cl)cc1NC(=O)[C@@H]1C[C@@H]1C. The molecule has 1 aliphatic carbocycles. The second-order valence-electron chi connectivity index (χ2n) is 4.15. The van der Waals surface area contributed by atoms with Crippen LogP contribution in [0.25, 0.3) is 0 Å². The molecule has 0 radical (unpaired) electrons. The molecule has 0 bridgehead atoms. The minimum Gasteiger partial charge on any atom is -0.495 e. The maximum absolute atomic E-state index is 11.8. The zero-order valence-corrected chi connectivity index (χ0v) is 10.0. The third-order valence-electron chi connectivity index (χ3n) is 2.87. The molecule has 4 heteroatoms. The topological polar surface area (TPSA) is 38.3 Å². The summed E-state index contributed by atoms with van der Waals surface area (Å²) in [5.41, 5.74) is 0.638. The number of hydrogen-bond acceptors (Lipinski definition) is 2. The van der Waals surface area contributed by atoms with Crippen LogP contribution in [0.4, 0.5) is 5.69 Å².